The van der Waals surface area contributed by atoms with Crippen LogP contribution in [0.4, 0.5) is 4.39 Å². The van der Waals surface area contributed by atoms with Crippen LogP contribution in [0.15, 0.2) is 54.7 Å². The Morgan fingerprint density at radius 1 is 1.13 bits per heavy atom. The van der Waals surface area contributed by atoms with E-state index in [2.05, 4.69) is 10.2 Å². The average molecular weight is 407 g/mol. The summed E-state index contributed by atoms with van der Waals surface area (Å²) >= 11 is 0. The van der Waals surface area contributed by atoms with Gasteiger partial charge < -0.3 is 14.5 Å². The Morgan fingerprint density at radius 2 is 1.87 bits per heavy atom. The number of nitrogens with zero attached hydrogens (tertiary/aromatic N) is 2. The van der Waals surface area contributed by atoms with Crippen molar-refractivity contribution in [2.24, 2.45) is 0 Å². The molecule has 1 N–H and O–H groups in total. The summed E-state index contributed by atoms with van der Waals surface area (Å²) < 4.78 is 21.1. The molecule has 0 saturated carbocycles. The lowest BCUT2D eigenvalue weighted by atomic mass is 9.89. The van der Waals surface area contributed by atoms with Crippen LogP contribution < -0.4 is 5.32 Å². The largest absolute Gasteiger partial charge is 0.378 e. The summed E-state index contributed by atoms with van der Waals surface area (Å²) in [6, 6.07) is 15.2. The minimum Gasteiger partial charge on any atom is -0.378 e. The van der Waals surface area contributed by atoms with Crippen LogP contribution in [0.3, 0.4) is 0 Å². The van der Waals surface area contributed by atoms with Crippen LogP contribution >= 0.6 is 0 Å². The number of nitrogens with one attached hydrogen (secondary N) is 1. The number of halogens is 1. The van der Waals surface area contributed by atoms with E-state index in [9.17, 15) is 9.18 Å². The quantitative estimate of drug-likeness (QED) is 0.720. The maximum Gasteiger partial charge on any atom is 0.253 e. The molecule has 0 aliphatic carbocycles. The van der Waals surface area contributed by atoms with E-state index in [0.717, 1.165) is 41.7 Å². The first kappa shape index (κ1) is 19.3. The van der Waals surface area contributed by atoms with Gasteiger partial charge >= 0.3 is 0 Å². The standard InChI is InChI=1S/C24H26FN3O2/c1-16-10-22(23-4-2-3-9-27(16)23)24(29)26-19-11-20-14-30-15-21(12-19)28(20)13-17-5-7-18(25)8-6-17/h2-10,19-21H,11-15H2,1H3,(H,26,29). The second-order valence-corrected chi connectivity index (χ2v) is 8.44. The monoisotopic (exact) mass is 407 g/mol. The van der Waals surface area contributed by atoms with E-state index in [1.54, 1.807) is 0 Å². The number of aryl methyl sites for hydroxylation is 1. The highest BCUT2D eigenvalue weighted by molar-refractivity contribution is 6.01. The van der Waals surface area contributed by atoms with Crippen molar-refractivity contribution in [2.75, 3.05) is 13.2 Å². The summed E-state index contributed by atoms with van der Waals surface area (Å²) in [6.45, 7) is 4.12. The number of hydrogen-bond donors (Lipinski definition) is 1. The predicted molar refractivity (Wildman–Crippen MR) is 113 cm³/mol. The second-order valence-electron chi connectivity index (χ2n) is 8.44. The second kappa shape index (κ2) is 7.85. The van der Waals surface area contributed by atoms with Crippen LogP contribution in [0, 0.1) is 12.7 Å². The van der Waals surface area contributed by atoms with Crippen molar-refractivity contribution >= 4 is 11.4 Å². The van der Waals surface area contributed by atoms with Gasteiger partial charge in [0.25, 0.3) is 5.91 Å². The van der Waals surface area contributed by atoms with E-state index in [1.165, 1.54) is 12.1 Å². The Bertz CT molecular complexity index is 1050. The number of aromatic nitrogens is 1. The van der Waals surface area contributed by atoms with Gasteiger partial charge in [0.1, 0.15) is 5.82 Å². The molecule has 2 saturated heterocycles. The lowest BCUT2D eigenvalue weighted by Gasteiger charge is -2.48. The molecular formula is C24H26FN3O2. The van der Waals surface area contributed by atoms with Crippen molar-refractivity contribution in [1.29, 1.82) is 0 Å². The minimum absolute atomic E-state index is 0.0113. The normalized spacial score (nSPS) is 24.1. The molecular weight excluding hydrogens is 381 g/mol. The van der Waals surface area contributed by atoms with Gasteiger partial charge in [-0.2, -0.15) is 0 Å². The van der Waals surface area contributed by atoms with E-state index >= 15 is 0 Å². The highest BCUT2D eigenvalue weighted by atomic mass is 19.1. The van der Waals surface area contributed by atoms with Gasteiger partial charge in [-0.15, -0.1) is 0 Å². The highest BCUT2D eigenvalue weighted by Crippen LogP contribution is 2.30. The fourth-order valence-electron chi connectivity index (χ4n) is 4.93. The van der Waals surface area contributed by atoms with Crippen molar-refractivity contribution in [3.05, 3.63) is 77.4 Å². The minimum atomic E-state index is -0.211. The van der Waals surface area contributed by atoms with Crippen LogP contribution in [-0.4, -0.2) is 46.5 Å². The molecule has 6 heteroatoms. The topological polar surface area (TPSA) is 46.0 Å². The Kier molecular flexibility index (Phi) is 5.05. The first-order valence-corrected chi connectivity index (χ1v) is 10.5. The van der Waals surface area contributed by atoms with E-state index in [0.29, 0.717) is 13.2 Å². The van der Waals surface area contributed by atoms with Gasteiger partial charge in [0.15, 0.2) is 0 Å². The molecule has 0 spiro atoms. The molecule has 4 heterocycles. The molecule has 2 fully saturated rings. The smallest absolute Gasteiger partial charge is 0.253 e. The fourth-order valence-corrected chi connectivity index (χ4v) is 4.93. The molecule has 5 rings (SSSR count). The number of piperidine rings is 1. The lowest BCUT2D eigenvalue weighted by molar-refractivity contribution is -0.0843. The van der Waals surface area contributed by atoms with Crippen molar-refractivity contribution in [3.8, 4) is 0 Å². The first-order valence-electron chi connectivity index (χ1n) is 10.5. The maximum atomic E-state index is 13.2. The van der Waals surface area contributed by atoms with Crippen molar-refractivity contribution in [2.45, 2.75) is 44.4 Å². The summed E-state index contributed by atoms with van der Waals surface area (Å²) in [5.41, 5.74) is 3.81. The molecule has 2 aliphatic rings. The predicted octanol–water partition coefficient (Wildman–Crippen LogP) is 3.55. The molecule has 30 heavy (non-hydrogen) atoms. The maximum absolute atomic E-state index is 13.2. The Labute approximate surface area is 175 Å². The summed E-state index contributed by atoms with van der Waals surface area (Å²) in [5, 5.41) is 3.28. The third-order valence-electron chi connectivity index (χ3n) is 6.40. The van der Waals surface area contributed by atoms with E-state index < -0.39 is 0 Å². The van der Waals surface area contributed by atoms with E-state index in [-0.39, 0.29) is 29.8 Å². The number of amides is 1. The zero-order chi connectivity index (χ0) is 20.7. The molecule has 2 aromatic heterocycles. The van der Waals surface area contributed by atoms with Crippen LogP contribution in [-0.2, 0) is 11.3 Å². The average Bonchev–Trinajstić information content (AvgIpc) is 3.07. The zero-order valence-electron chi connectivity index (χ0n) is 17.1. The summed E-state index contributed by atoms with van der Waals surface area (Å²) in [6.07, 6.45) is 3.69. The number of fused-ring (bicyclic) bond motifs is 3. The van der Waals surface area contributed by atoms with Gasteiger partial charge in [-0.25, -0.2) is 4.39 Å². The van der Waals surface area contributed by atoms with Crippen molar-refractivity contribution in [3.63, 3.8) is 0 Å². The van der Waals surface area contributed by atoms with Crippen LogP contribution in [0.5, 0.6) is 0 Å². The molecule has 2 aliphatic heterocycles. The van der Waals surface area contributed by atoms with Gasteiger partial charge in [0.05, 0.1) is 24.3 Å². The molecule has 2 unspecified atom stereocenters. The summed E-state index contributed by atoms with van der Waals surface area (Å²) in [4.78, 5) is 15.5. The highest BCUT2D eigenvalue weighted by Gasteiger charge is 2.39. The Morgan fingerprint density at radius 3 is 2.60 bits per heavy atom. The number of carbonyl (C=O) groups excluding carboxylic acids is 1. The molecule has 5 nitrogen and oxygen atoms in total. The Hall–Kier alpha value is -2.70. The third-order valence-corrected chi connectivity index (χ3v) is 6.40. The van der Waals surface area contributed by atoms with Crippen LogP contribution in [0.1, 0.15) is 34.5 Å². The molecule has 0 radical (unpaired) electrons. The molecule has 1 amide bonds. The Balaban J connectivity index is 1.29. The molecule has 3 aromatic rings. The van der Waals surface area contributed by atoms with Crippen LogP contribution in [0.2, 0.25) is 0 Å². The van der Waals surface area contributed by atoms with Crippen LogP contribution in [0.25, 0.3) is 5.52 Å². The molecule has 156 valence electrons. The van der Waals surface area contributed by atoms with Crippen molar-refractivity contribution in [1.82, 2.24) is 14.6 Å². The molecule has 1 aromatic carbocycles. The fraction of sp³-hybridized carbons (Fsp3) is 0.375. The molecule has 2 bridgehead atoms. The summed E-state index contributed by atoms with van der Waals surface area (Å²) in [7, 11) is 0. The van der Waals surface area contributed by atoms with Gasteiger partial charge in [-0.05, 0) is 55.7 Å². The number of ether oxygens (including phenoxy) is 1. The number of rotatable bonds is 4. The lowest BCUT2D eigenvalue weighted by Crippen LogP contribution is -2.60. The zero-order valence-corrected chi connectivity index (χ0v) is 17.1. The SMILES string of the molecule is Cc1cc(C(=O)NC2CC3COCC(C2)N3Cc2ccc(F)cc2)c2ccccn12. The van der Waals surface area contributed by atoms with Gasteiger partial charge in [-0.1, -0.05) is 18.2 Å². The molecule has 2 atom stereocenters. The summed E-state index contributed by atoms with van der Waals surface area (Å²) in [5.74, 6) is -0.222. The van der Waals surface area contributed by atoms with E-state index in [1.807, 2.05) is 53.9 Å². The van der Waals surface area contributed by atoms with Gasteiger partial charge in [0, 0.05) is 36.6 Å². The number of morpholine rings is 1. The van der Waals surface area contributed by atoms with Gasteiger partial charge in [0.2, 0.25) is 0 Å². The third kappa shape index (κ3) is 3.61. The van der Waals surface area contributed by atoms with Gasteiger partial charge in [-0.3, -0.25) is 9.69 Å². The number of pyridine rings is 1. The van der Waals surface area contributed by atoms with E-state index in [4.69, 9.17) is 4.74 Å². The van der Waals surface area contributed by atoms with Crippen molar-refractivity contribution < 1.29 is 13.9 Å². The number of hydrogen-bond acceptors (Lipinski definition) is 3. The first-order chi connectivity index (χ1) is 14.6. The number of benzene rings is 1. The number of carbonyl (C=O) groups is 1.